The van der Waals surface area contributed by atoms with Crippen LogP contribution < -0.4 is 0 Å². The summed E-state index contributed by atoms with van der Waals surface area (Å²) in [5, 5.41) is 1.26. The van der Waals surface area contributed by atoms with E-state index < -0.39 is 11.6 Å². The Morgan fingerprint density at radius 2 is 1.50 bits per heavy atom. The van der Waals surface area contributed by atoms with Crippen LogP contribution in [0.2, 0.25) is 0 Å². The van der Waals surface area contributed by atoms with Gasteiger partial charge in [0.1, 0.15) is 0 Å². The number of hydrogen-bond acceptors (Lipinski definition) is 0. The molecule has 172 valence electrons. The molecule has 2 aliphatic rings. The quantitative estimate of drug-likeness (QED) is 0.396. The molecular weight excluding hydrogens is 398 g/mol. The molecule has 4 rings (SSSR count). The average Bonchev–Trinajstić information content (AvgIpc) is 2.83. The van der Waals surface area contributed by atoms with Crippen LogP contribution in [0.1, 0.15) is 88.7 Å². The Balaban J connectivity index is 1.41. The summed E-state index contributed by atoms with van der Waals surface area (Å²) >= 11 is 0. The zero-order chi connectivity index (χ0) is 22.5. The van der Waals surface area contributed by atoms with Crippen molar-refractivity contribution in [3.63, 3.8) is 0 Å². The van der Waals surface area contributed by atoms with Gasteiger partial charge in [0, 0.05) is 5.39 Å². The highest BCUT2D eigenvalue weighted by molar-refractivity contribution is 5.85. The summed E-state index contributed by atoms with van der Waals surface area (Å²) in [6, 6.07) is 7.92. The molecule has 0 saturated heterocycles. The molecule has 0 aliphatic heterocycles. The van der Waals surface area contributed by atoms with Crippen LogP contribution in [0.25, 0.3) is 10.8 Å². The van der Waals surface area contributed by atoms with E-state index in [0.717, 1.165) is 29.6 Å². The minimum absolute atomic E-state index is 0.444. The first-order valence-electron chi connectivity index (χ1n) is 12.7. The number of benzene rings is 2. The van der Waals surface area contributed by atoms with Crippen LogP contribution >= 0.6 is 0 Å². The van der Waals surface area contributed by atoms with Crippen LogP contribution in [0.5, 0.6) is 0 Å². The molecule has 0 aromatic heterocycles. The number of hydrogen-bond donors (Lipinski definition) is 0. The zero-order valence-electron chi connectivity index (χ0n) is 19.8. The van der Waals surface area contributed by atoms with Crippen molar-refractivity contribution in [2.45, 2.75) is 84.0 Å². The first-order chi connectivity index (χ1) is 15.6. The molecule has 0 spiro atoms. The van der Waals surface area contributed by atoms with Crippen molar-refractivity contribution in [3.8, 4) is 0 Å². The maximum Gasteiger partial charge on any atom is 0.166 e. The van der Waals surface area contributed by atoms with Crippen LogP contribution in [-0.4, -0.2) is 0 Å². The minimum Gasteiger partial charge on any atom is -0.203 e. The third kappa shape index (κ3) is 5.16. The zero-order valence-corrected chi connectivity index (χ0v) is 19.8. The van der Waals surface area contributed by atoms with E-state index in [0.29, 0.717) is 23.3 Å². The molecule has 2 aromatic rings. The first-order valence-corrected chi connectivity index (χ1v) is 12.7. The van der Waals surface area contributed by atoms with Crippen molar-refractivity contribution in [1.82, 2.24) is 0 Å². The molecule has 0 N–H and O–H groups in total. The topological polar surface area (TPSA) is 0 Å². The van der Waals surface area contributed by atoms with Crippen LogP contribution in [0, 0.1) is 29.4 Å². The van der Waals surface area contributed by atoms with E-state index >= 15 is 0 Å². The van der Waals surface area contributed by atoms with Crippen molar-refractivity contribution >= 4 is 10.8 Å². The molecule has 2 fully saturated rings. The van der Waals surface area contributed by atoms with Crippen molar-refractivity contribution in [2.75, 3.05) is 0 Å². The van der Waals surface area contributed by atoms with Gasteiger partial charge < -0.3 is 0 Å². The Morgan fingerprint density at radius 3 is 2.16 bits per heavy atom. The molecule has 2 heteroatoms. The SMILES string of the molecule is C/C=C/CCc1cc2ccc(C3CCC(C4CCC(/C=C/C)CC4)CC3)cc2c(F)c1F. The Bertz CT molecular complexity index is 954. The molecule has 0 nitrogen and oxygen atoms in total. The van der Waals surface area contributed by atoms with E-state index in [9.17, 15) is 8.78 Å². The molecule has 0 amide bonds. The van der Waals surface area contributed by atoms with Crippen LogP contribution in [-0.2, 0) is 6.42 Å². The molecule has 0 radical (unpaired) electrons. The second-order valence-corrected chi connectivity index (χ2v) is 10.1. The number of allylic oxidation sites excluding steroid dienone is 4. The van der Waals surface area contributed by atoms with Crippen LogP contribution in [0.4, 0.5) is 8.78 Å². The van der Waals surface area contributed by atoms with Crippen molar-refractivity contribution in [1.29, 1.82) is 0 Å². The fourth-order valence-electron chi connectivity index (χ4n) is 6.25. The summed E-state index contributed by atoms with van der Waals surface area (Å²) in [7, 11) is 0. The highest BCUT2D eigenvalue weighted by atomic mass is 19.2. The molecule has 2 aromatic carbocycles. The third-order valence-electron chi connectivity index (χ3n) is 8.13. The van der Waals surface area contributed by atoms with Gasteiger partial charge in [-0.15, -0.1) is 0 Å². The van der Waals surface area contributed by atoms with Gasteiger partial charge in [-0.1, -0.05) is 36.4 Å². The number of aryl methyl sites for hydroxylation is 1. The van der Waals surface area contributed by atoms with Gasteiger partial charge in [-0.25, -0.2) is 8.78 Å². The second kappa shape index (κ2) is 10.8. The van der Waals surface area contributed by atoms with Crippen molar-refractivity contribution < 1.29 is 8.78 Å². The highest BCUT2D eigenvalue weighted by Crippen LogP contribution is 2.44. The average molecular weight is 437 g/mol. The number of fused-ring (bicyclic) bond motifs is 1. The highest BCUT2D eigenvalue weighted by Gasteiger charge is 2.31. The summed E-state index contributed by atoms with van der Waals surface area (Å²) in [6.07, 6.45) is 20.2. The largest absolute Gasteiger partial charge is 0.203 e. The Morgan fingerprint density at radius 1 is 0.812 bits per heavy atom. The summed E-state index contributed by atoms with van der Waals surface area (Å²) in [6.45, 7) is 4.08. The fraction of sp³-hybridized carbons (Fsp3) is 0.533. The molecule has 0 unspecified atom stereocenters. The molecule has 32 heavy (non-hydrogen) atoms. The lowest BCUT2D eigenvalue weighted by Crippen LogP contribution is -2.25. The normalized spacial score (nSPS) is 27.0. The number of halogens is 2. The lowest BCUT2D eigenvalue weighted by Gasteiger charge is -2.37. The summed E-state index contributed by atoms with van der Waals surface area (Å²) in [4.78, 5) is 0. The smallest absolute Gasteiger partial charge is 0.166 e. The summed E-state index contributed by atoms with van der Waals surface area (Å²) in [5.74, 6) is 1.67. The van der Waals surface area contributed by atoms with Gasteiger partial charge in [-0.2, -0.15) is 0 Å². The van der Waals surface area contributed by atoms with E-state index in [1.165, 1.54) is 56.9 Å². The summed E-state index contributed by atoms with van der Waals surface area (Å²) < 4.78 is 29.6. The first kappa shape index (κ1) is 23.2. The molecule has 0 atom stereocenters. The van der Waals surface area contributed by atoms with E-state index in [1.54, 1.807) is 0 Å². The van der Waals surface area contributed by atoms with E-state index in [4.69, 9.17) is 0 Å². The van der Waals surface area contributed by atoms with Crippen molar-refractivity contribution in [3.05, 3.63) is 71.3 Å². The summed E-state index contributed by atoms with van der Waals surface area (Å²) in [5.41, 5.74) is 1.67. The molecule has 0 heterocycles. The number of rotatable bonds is 6. The molecule has 2 saturated carbocycles. The molecular formula is C30H38F2. The van der Waals surface area contributed by atoms with Gasteiger partial charge in [0.2, 0.25) is 0 Å². The van der Waals surface area contributed by atoms with Crippen LogP contribution in [0.15, 0.2) is 48.6 Å². The predicted octanol–water partition coefficient (Wildman–Crippen LogP) is 9.28. The lowest BCUT2D eigenvalue weighted by molar-refractivity contribution is 0.171. The van der Waals surface area contributed by atoms with E-state index in [2.05, 4.69) is 25.1 Å². The minimum atomic E-state index is -0.675. The monoisotopic (exact) mass is 436 g/mol. The predicted molar refractivity (Wildman–Crippen MR) is 132 cm³/mol. The lowest BCUT2D eigenvalue weighted by atomic mass is 9.68. The van der Waals surface area contributed by atoms with Gasteiger partial charge in [0.25, 0.3) is 0 Å². The molecule has 0 bridgehead atoms. The van der Waals surface area contributed by atoms with Crippen molar-refractivity contribution in [2.24, 2.45) is 17.8 Å². The van der Waals surface area contributed by atoms with Gasteiger partial charge in [0.05, 0.1) is 0 Å². The van der Waals surface area contributed by atoms with Gasteiger partial charge in [-0.05, 0) is 130 Å². The Labute approximate surface area is 192 Å². The fourth-order valence-corrected chi connectivity index (χ4v) is 6.25. The van der Waals surface area contributed by atoms with E-state index in [-0.39, 0.29) is 0 Å². The Hall–Kier alpha value is -1.96. The Kier molecular flexibility index (Phi) is 7.81. The van der Waals surface area contributed by atoms with Gasteiger partial charge in [0.15, 0.2) is 11.6 Å². The third-order valence-corrected chi connectivity index (χ3v) is 8.13. The maximum atomic E-state index is 14.9. The maximum absolute atomic E-state index is 14.9. The van der Waals surface area contributed by atoms with Gasteiger partial charge in [-0.3, -0.25) is 0 Å². The second-order valence-electron chi connectivity index (χ2n) is 10.1. The van der Waals surface area contributed by atoms with Gasteiger partial charge >= 0.3 is 0 Å². The van der Waals surface area contributed by atoms with E-state index in [1.807, 2.05) is 37.3 Å². The standard InChI is InChI=1S/C30H38F2/c1-3-5-6-8-27-19-26-18-17-25(20-28(26)30(32)29(27)31)24-15-13-23(14-16-24)22-11-9-21(7-4-2)10-12-22/h3-5,7,17-24H,6,8-16H2,1-2H3/b5-3+,7-4+. The van der Waals surface area contributed by atoms with Crippen LogP contribution in [0.3, 0.4) is 0 Å². The molecule has 2 aliphatic carbocycles.